The maximum absolute atomic E-state index is 5.43. The van der Waals surface area contributed by atoms with Crippen LogP contribution in [0.2, 0.25) is 0 Å². The Hall–Kier alpha value is -1.16. The number of ether oxygens (including phenoxy) is 1. The number of nitrogens with zero attached hydrogens (tertiary/aromatic N) is 2. The van der Waals surface area contributed by atoms with Gasteiger partial charge in [-0.15, -0.1) is 0 Å². The topological polar surface area (TPSA) is 47.0 Å². The summed E-state index contributed by atoms with van der Waals surface area (Å²) in [4.78, 5) is 9.15. The molecule has 0 aliphatic heterocycles. The third-order valence-corrected chi connectivity index (χ3v) is 2.80. The highest BCUT2D eigenvalue weighted by Gasteiger charge is 2.13. The molecule has 4 heteroatoms. The van der Waals surface area contributed by atoms with E-state index in [9.17, 15) is 0 Å². The van der Waals surface area contributed by atoms with Gasteiger partial charge < -0.3 is 10.1 Å². The van der Waals surface area contributed by atoms with Crippen molar-refractivity contribution in [2.45, 2.75) is 52.6 Å². The molecule has 1 heterocycles. The zero-order valence-electron chi connectivity index (χ0n) is 12.0. The van der Waals surface area contributed by atoms with Crippen molar-refractivity contribution in [3.8, 4) is 0 Å². The van der Waals surface area contributed by atoms with E-state index in [1.165, 1.54) is 0 Å². The minimum absolute atomic E-state index is 0.0102. The fourth-order valence-corrected chi connectivity index (χ4v) is 1.84. The predicted octanol–water partition coefficient (Wildman–Crippen LogP) is 3.35. The molecule has 1 aromatic rings. The molecule has 102 valence electrons. The van der Waals surface area contributed by atoms with E-state index in [0.717, 1.165) is 49.6 Å². The molecule has 1 rings (SSSR count). The van der Waals surface area contributed by atoms with Gasteiger partial charge in [-0.25, -0.2) is 9.97 Å². The number of hydrogen-bond donors (Lipinski definition) is 1. The van der Waals surface area contributed by atoms with Crippen LogP contribution < -0.4 is 5.32 Å². The highest BCUT2D eigenvalue weighted by Crippen LogP contribution is 2.19. The second-order valence-corrected chi connectivity index (χ2v) is 4.41. The van der Waals surface area contributed by atoms with Gasteiger partial charge >= 0.3 is 0 Å². The number of aryl methyl sites for hydroxylation is 1. The Morgan fingerprint density at radius 2 is 2.00 bits per heavy atom. The summed E-state index contributed by atoms with van der Waals surface area (Å²) in [6.07, 6.45) is 4.04. The van der Waals surface area contributed by atoms with Crippen LogP contribution in [0.3, 0.4) is 0 Å². The number of anilines is 1. The third kappa shape index (κ3) is 4.26. The Kier molecular flexibility index (Phi) is 6.65. The van der Waals surface area contributed by atoms with Gasteiger partial charge in [0.2, 0.25) is 0 Å². The molecule has 1 atom stereocenters. The first-order valence-corrected chi connectivity index (χ1v) is 6.89. The number of hydrogen-bond acceptors (Lipinski definition) is 4. The Balaban J connectivity index is 2.96. The molecule has 0 spiro atoms. The molecule has 0 amide bonds. The molecule has 0 aromatic carbocycles. The highest BCUT2D eigenvalue weighted by atomic mass is 16.5. The van der Waals surface area contributed by atoms with Gasteiger partial charge in [-0.2, -0.15) is 0 Å². The first-order chi connectivity index (χ1) is 8.74. The number of methoxy groups -OCH3 is 1. The molecular formula is C14H25N3O. The quantitative estimate of drug-likeness (QED) is 0.769. The lowest BCUT2D eigenvalue weighted by atomic mass is 10.2. The van der Waals surface area contributed by atoms with E-state index in [1.807, 2.05) is 6.07 Å². The zero-order valence-corrected chi connectivity index (χ0v) is 12.0. The van der Waals surface area contributed by atoms with Crippen LogP contribution >= 0.6 is 0 Å². The monoisotopic (exact) mass is 251 g/mol. The van der Waals surface area contributed by atoms with E-state index < -0.39 is 0 Å². The van der Waals surface area contributed by atoms with Gasteiger partial charge in [0.15, 0.2) is 5.82 Å². The fourth-order valence-electron chi connectivity index (χ4n) is 1.84. The van der Waals surface area contributed by atoms with E-state index in [4.69, 9.17) is 4.74 Å². The maximum atomic E-state index is 5.43. The van der Waals surface area contributed by atoms with Crippen LogP contribution in [0.15, 0.2) is 6.07 Å². The van der Waals surface area contributed by atoms with Crippen LogP contribution in [-0.2, 0) is 11.2 Å². The van der Waals surface area contributed by atoms with Crippen LogP contribution in [0.4, 0.5) is 5.82 Å². The highest BCUT2D eigenvalue weighted by molar-refractivity contribution is 5.36. The average molecular weight is 251 g/mol. The van der Waals surface area contributed by atoms with Crippen LogP contribution in [0.5, 0.6) is 0 Å². The van der Waals surface area contributed by atoms with Crippen molar-refractivity contribution in [1.82, 2.24) is 9.97 Å². The molecule has 1 N–H and O–H groups in total. The lowest BCUT2D eigenvalue weighted by molar-refractivity contribution is 0.0925. The Labute approximate surface area is 110 Å². The summed E-state index contributed by atoms with van der Waals surface area (Å²) in [6.45, 7) is 7.33. The first-order valence-electron chi connectivity index (χ1n) is 6.89. The molecule has 0 bridgehead atoms. The molecule has 0 aliphatic carbocycles. The van der Waals surface area contributed by atoms with Gasteiger partial charge in [-0.05, 0) is 19.3 Å². The van der Waals surface area contributed by atoms with E-state index >= 15 is 0 Å². The van der Waals surface area contributed by atoms with E-state index in [-0.39, 0.29) is 6.10 Å². The molecule has 4 nitrogen and oxygen atoms in total. The van der Waals surface area contributed by atoms with Crippen molar-refractivity contribution >= 4 is 5.82 Å². The number of aromatic nitrogens is 2. The Morgan fingerprint density at radius 1 is 1.22 bits per heavy atom. The van der Waals surface area contributed by atoms with Crippen LogP contribution in [0, 0.1) is 0 Å². The molecule has 0 saturated carbocycles. The van der Waals surface area contributed by atoms with Gasteiger partial charge in [-0.3, -0.25) is 0 Å². The van der Waals surface area contributed by atoms with E-state index in [0.29, 0.717) is 0 Å². The molecular weight excluding hydrogens is 226 g/mol. The van der Waals surface area contributed by atoms with Gasteiger partial charge in [0.25, 0.3) is 0 Å². The fraction of sp³-hybridized carbons (Fsp3) is 0.714. The number of rotatable bonds is 8. The second-order valence-electron chi connectivity index (χ2n) is 4.41. The van der Waals surface area contributed by atoms with Gasteiger partial charge in [0, 0.05) is 25.4 Å². The number of nitrogens with one attached hydrogen (secondary N) is 1. The van der Waals surface area contributed by atoms with Crippen molar-refractivity contribution in [3.63, 3.8) is 0 Å². The molecule has 18 heavy (non-hydrogen) atoms. The minimum atomic E-state index is -0.0102. The van der Waals surface area contributed by atoms with Crippen molar-refractivity contribution in [1.29, 1.82) is 0 Å². The summed E-state index contributed by atoms with van der Waals surface area (Å²) in [5.74, 6) is 1.71. The Bertz CT molecular complexity index is 351. The van der Waals surface area contributed by atoms with E-state index in [2.05, 4.69) is 36.1 Å². The standard InChI is InChI=1S/C14H25N3O/c1-5-8-11-10-13(15-9-6-2)17-14(16-11)12(7-3)18-4/h10,12H,5-9H2,1-4H3,(H,15,16,17). The van der Waals surface area contributed by atoms with E-state index in [1.54, 1.807) is 7.11 Å². The summed E-state index contributed by atoms with van der Waals surface area (Å²) in [5.41, 5.74) is 1.09. The average Bonchev–Trinajstić information content (AvgIpc) is 2.38. The summed E-state index contributed by atoms with van der Waals surface area (Å²) >= 11 is 0. The van der Waals surface area contributed by atoms with Crippen molar-refractivity contribution < 1.29 is 4.74 Å². The molecule has 0 fully saturated rings. The molecule has 0 radical (unpaired) electrons. The van der Waals surface area contributed by atoms with Crippen molar-refractivity contribution in [2.75, 3.05) is 19.0 Å². The van der Waals surface area contributed by atoms with Gasteiger partial charge in [-0.1, -0.05) is 27.2 Å². The summed E-state index contributed by atoms with van der Waals surface area (Å²) in [5, 5.41) is 3.33. The third-order valence-electron chi connectivity index (χ3n) is 2.80. The largest absolute Gasteiger partial charge is 0.373 e. The van der Waals surface area contributed by atoms with Crippen LogP contribution in [-0.4, -0.2) is 23.6 Å². The van der Waals surface area contributed by atoms with Crippen molar-refractivity contribution in [2.24, 2.45) is 0 Å². The Morgan fingerprint density at radius 3 is 2.56 bits per heavy atom. The van der Waals surface area contributed by atoms with Crippen LogP contribution in [0.1, 0.15) is 57.7 Å². The molecule has 0 aliphatic rings. The SMILES string of the molecule is CCCNc1cc(CCC)nc(C(CC)OC)n1. The summed E-state index contributed by atoms with van der Waals surface area (Å²) in [6, 6.07) is 2.05. The molecule has 1 aromatic heterocycles. The smallest absolute Gasteiger partial charge is 0.159 e. The van der Waals surface area contributed by atoms with Gasteiger partial charge in [0.05, 0.1) is 0 Å². The van der Waals surface area contributed by atoms with Crippen LogP contribution in [0.25, 0.3) is 0 Å². The van der Waals surface area contributed by atoms with Gasteiger partial charge in [0.1, 0.15) is 11.9 Å². The summed E-state index contributed by atoms with van der Waals surface area (Å²) in [7, 11) is 1.71. The lowest BCUT2D eigenvalue weighted by Crippen LogP contribution is -2.11. The minimum Gasteiger partial charge on any atom is -0.373 e. The normalized spacial score (nSPS) is 12.4. The zero-order chi connectivity index (χ0) is 13.4. The summed E-state index contributed by atoms with van der Waals surface area (Å²) < 4.78 is 5.43. The lowest BCUT2D eigenvalue weighted by Gasteiger charge is -2.14. The molecule has 1 unspecified atom stereocenters. The second kappa shape index (κ2) is 8.03. The molecule has 0 saturated heterocycles. The van der Waals surface area contributed by atoms with Crippen molar-refractivity contribution in [3.05, 3.63) is 17.6 Å². The first kappa shape index (κ1) is 14.9. The maximum Gasteiger partial charge on any atom is 0.159 e. The predicted molar refractivity (Wildman–Crippen MR) is 74.8 cm³/mol.